The molecule has 1 saturated heterocycles. The minimum Gasteiger partial charge on any atom is -0.507 e. The lowest BCUT2D eigenvalue weighted by atomic mass is 9.99. The Morgan fingerprint density at radius 1 is 1.08 bits per heavy atom. The lowest BCUT2D eigenvalue weighted by molar-refractivity contribution is -0.132. The second kappa shape index (κ2) is 10.2. The topological polar surface area (TPSA) is 115 Å². The van der Waals surface area contributed by atoms with E-state index >= 15 is 0 Å². The van der Waals surface area contributed by atoms with Crippen molar-refractivity contribution in [1.29, 1.82) is 0 Å². The lowest BCUT2D eigenvalue weighted by Crippen LogP contribution is -2.29. The van der Waals surface area contributed by atoms with Crippen molar-refractivity contribution < 1.29 is 33.0 Å². The van der Waals surface area contributed by atoms with Gasteiger partial charge >= 0.3 is 5.91 Å². The zero-order valence-corrected chi connectivity index (χ0v) is 22.1. The molecule has 0 aliphatic carbocycles. The fourth-order valence-corrected chi connectivity index (χ4v) is 6.15. The molecule has 1 unspecified atom stereocenters. The number of fused-ring (bicyclic) bond motifs is 1. The Labute approximate surface area is 229 Å². The van der Waals surface area contributed by atoms with Gasteiger partial charge in [-0.25, -0.2) is 4.39 Å². The van der Waals surface area contributed by atoms with Gasteiger partial charge in [0.15, 0.2) is 15.8 Å². The number of aryl methyl sites for hydroxylation is 1. The third-order valence-corrected chi connectivity index (χ3v) is 8.30. The molecule has 1 N–H and O–H groups in total. The summed E-state index contributed by atoms with van der Waals surface area (Å²) in [5, 5.41) is 19.9. The van der Waals surface area contributed by atoms with E-state index in [1.54, 1.807) is 49.4 Å². The summed E-state index contributed by atoms with van der Waals surface area (Å²) >= 11 is 2.50. The van der Waals surface area contributed by atoms with Crippen molar-refractivity contribution >= 4 is 45.7 Å². The number of aliphatic hydroxyl groups excluding tert-OH is 1. The standard InChI is InChI=1S/C27H20FN3O6S2/c1-14-2-8-19(37-14)22-21(23(32)16-5-9-18-20(12-16)36-11-10-35-18)24(33)25(34)31(22)26-29-30-27(39-26)38-13-15-3-6-17(28)7-4-15/h2-9,12,22,32H,10-11,13H2,1H3. The van der Waals surface area contributed by atoms with E-state index in [1.165, 1.54) is 28.8 Å². The Balaban J connectivity index is 1.36. The molecule has 2 aliphatic rings. The Morgan fingerprint density at radius 3 is 2.59 bits per heavy atom. The quantitative estimate of drug-likeness (QED) is 0.110. The van der Waals surface area contributed by atoms with Crippen LogP contribution in [0.15, 0.2) is 68.9 Å². The fourth-order valence-electron chi connectivity index (χ4n) is 4.33. The molecule has 0 spiro atoms. The number of furan rings is 1. The molecule has 12 heteroatoms. The molecule has 0 saturated carbocycles. The summed E-state index contributed by atoms with van der Waals surface area (Å²) in [5.41, 5.74) is 1.05. The predicted octanol–water partition coefficient (Wildman–Crippen LogP) is 5.27. The van der Waals surface area contributed by atoms with Crippen LogP contribution in [0.3, 0.4) is 0 Å². The average molecular weight is 566 g/mol. The Bertz CT molecular complexity index is 1610. The number of benzene rings is 2. The van der Waals surface area contributed by atoms with Gasteiger partial charge < -0.3 is 19.0 Å². The molecule has 4 heterocycles. The number of ether oxygens (including phenoxy) is 2. The highest BCUT2D eigenvalue weighted by molar-refractivity contribution is 8.00. The maximum atomic E-state index is 13.3. The van der Waals surface area contributed by atoms with E-state index in [9.17, 15) is 19.1 Å². The summed E-state index contributed by atoms with van der Waals surface area (Å²) in [6, 6.07) is 13.2. The molecule has 198 valence electrons. The van der Waals surface area contributed by atoms with E-state index in [0.717, 1.165) is 16.9 Å². The molecule has 2 aromatic carbocycles. The monoisotopic (exact) mass is 565 g/mol. The number of carbonyl (C=O) groups is 2. The molecule has 0 radical (unpaired) electrons. The molecule has 1 amide bonds. The summed E-state index contributed by atoms with van der Waals surface area (Å²) < 4.78 is 30.8. The number of halogens is 1. The molecule has 1 atom stereocenters. The summed E-state index contributed by atoms with van der Waals surface area (Å²) in [6.07, 6.45) is 0. The van der Waals surface area contributed by atoms with Crippen LogP contribution in [-0.4, -0.2) is 40.2 Å². The second-order valence-corrected chi connectivity index (χ2v) is 10.9. The minimum atomic E-state index is -1.06. The van der Waals surface area contributed by atoms with Gasteiger partial charge in [-0.3, -0.25) is 14.5 Å². The Morgan fingerprint density at radius 2 is 1.85 bits per heavy atom. The van der Waals surface area contributed by atoms with Crippen LogP contribution >= 0.6 is 23.1 Å². The van der Waals surface area contributed by atoms with Crippen LogP contribution in [0.1, 0.15) is 28.7 Å². The smallest absolute Gasteiger partial charge is 0.302 e. The van der Waals surface area contributed by atoms with Gasteiger partial charge in [-0.1, -0.05) is 35.2 Å². The number of aliphatic hydroxyl groups is 1. The highest BCUT2D eigenvalue weighted by Crippen LogP contribution is 2.45. The van der Waals surface area contributed by atoms with Crippen molar-refractivity contribution in [2.24, 2.45) is 0 Å². The summed E-state index contributed by atoms with van der Waals surface area (Å²) in [6.45, 7) is 2.50. The van der Waals surface area contributed by atoms with Crippen LogP contribution < -0.4 is 14.4 Å². The van der Waals surface area contributed by atoms with E-state index < -0.39 is 17.7 Å². The van der Waals surface area contributed by atoms with Gasteiger partial charge in [0.05, 0.1) is 5.57 Å². The van der Waals surface area contributed by atoms with Crippen LogP contribution in [0.5, 0.6) is 11.5 Å². The lowest BCUT2D eigenvalue weighted by Gasteiger charge is -2.21. The average Bonchev–Trinajstić information content (AvgIpc) is 3.66. The molecule has 6 rings (SSSR count). The van der Waals surface area contributed by atoms with E-state index in [4.69, 9.17) is 13.9 Å². The Hall–Kier alpha value is -4.16. The van der Waals surface area contributed by atoms with Gasteiger partial charge in [0.25, 0.3) is 5.78 Å². The molecule has 39 heavy (non-hydrogen) atoms. The van der Waals surface area contributed by atoms with Gasteiger partial charge in [-0.05, 0) is 55.0 Å². The number of ketones is 1. The summed E-state index contributed by atoms with van der Waals surface area (Å²) in [5.74, 6) is -0.101. The number of nitrogens with zero attached hydrogens (tertiary/aromatic N) is 3. The predicted molar refractivity (Wildman–Crippen MR) is 142 cm³/mol. The first-order valence-electron chi connectivity index (χ1n) is 11.9. The van der Waals surface area contributed by atoms with E-state index in [1.807, 2.05) is 0 Å². The second-order valence-electron chi connectivity index (χ2n) is 8.74. The van der Waals surface area contributed by atoms with Crippen molar-refractivity contribution in [1.82, 2.24) is 10.2 Å². The highest BCUT2D eigenvalue weighted by atomic mass is 32.2. The SMILES string of the molecule is Cc1ccc(C2C(=C(O)c3ccc4c(c3)OCCO4)C(=O)C(=O)N2c2nnc(SCc3ccc(F)cc3)s2)o1. The van der Waals surface area contributed by atoms with Gasteiger partial charge in [0, 0.05) is 11.3 Å². The summed E-state index contributed by atoms with van der Waals surface area (Å²) in [7, 11) is 0. The van der Waals surface area contributed by atoms with Gasteiger partial charge in [0.2, 0.25) is 5.13 Å². The largest absolute Gasteiger partial charge is 0.507 e. The first-order valence-corrected chi connectivity index (χ1v) is 13.7. The molecular formula is C27H20FN3O6S2. The number of hydrogen-bond acceptors (Lipinski definition) is 10. The van der Waals surface area contributed by atoms with Crippen molar-refractivity contribution in [3.05, 3.63) is 88.6 Å². The normalized spacial score (nSPS) is 18.1. The van der Waals surface area contributed by atoms with E-state index in [-0.39, 0.29) is 22.3 Å². The molecule has 4 aromatic rings. The number of Topliss-reactive ketones (excluding diaryl/α,β-unsaturated/α-hetero) is 1. The third-order valence-electron chi connectivity index (χ3n) is 6.17. The number of amides is 1. The fraction of sp³-hybridized carbons (Fsp3) is 0.185. The number of carbonyl (C=O) groups excluding carboxylic acids is 2. The molecule has 2 aromatic heterocycles. The zero-order valence-electron chi connectivity index (χ0n) is 20.4. The number of thioether (sulfide) groups is 1. The molecule has 9 nitrogen and oxygen atoms in total. The summed E-state index contributed by atoms with van der Waals surface area (Å²) in [4.78, 5) is 27.9. The van der Waals surface area contributed by atoms with E-state index in [0.29, 0.717) is 51.9 Å². The maximum absolute atomic E-state index is 13.3. The first kappa shape index (κ1) is 25.1. The minimum absolute atomic E-state index is 0.137. The number of anilines is 1. The number of rotatable bonds is 6. The third kappa shape index (κ3) is 4.77. The first-order chi connectivity index (χ1) is 18.9. The highest BCUT2D eigenvalue weighted by Gasteiger charge is 2.50. The van der Waals surface area contributed by atoms with Gasteiger partial charge in [-0.2, -0.15) is 0 Å². The van der Waals surface area contributed by atoms with Gasteiger partial charge in [-0.15, -0.1) is 10.2 Å². The van der Waals surface area contributed by atoms with Crippen LogP contribution in [0, 0.1) is 12.7 Å². The van der Waals surface area contributed by atoms with Crippen LogP contribution in [0.2, 0.25) is 0 Å². The van der Waals surface area contributed by atoms with Crippen LogP contribution in [0.4, 0.5) is 9.52 Å². The number of aromatic nitrogens is 2. The number of hydrogen-bond donors (Lipinski definition) is 1. The molecular weight excluding hydrogens is 545 g/mol. The molecule has 0 bridgehead atoms. The van der Waals surface area contributed by atoms with Gasteiger partial charge in [0.1, 0.15) is 42.4 Å². The van der Waals surface area contributed by atoms with Crippen molar-refractivity contribution in [2.45, 2.75) is 23.1 Å². The van der Waals surface area contributed by atoms with Crippen LogP contribution in [0.25, 0.3) is 5.76 Å². The van der Waals surface area contributed by atoms with E-state index in [2.05, 4.69) is 10.2 Å². The molecule has 2 aliphatic heterocycles. The zero-order chi connectivity index (χ0) is 27.1. The molecule has 1 fully saturated rings. The van der Waals surface area contributed by atoms with Crippen molar-refractivity contribution in [3.63, 3.8) is 0 Å². The maximum Gasteiger partial charge on any atom is 0.302 e. The van der Waals surface area contributed by atoms with Crippen molar-refractivity contribution in [2.75, 3.05) is 18.1 Å². The Kier molecular flexibility index (Phi) is 6.57. The van der Waals surface area contributed by atoms with Crippen LogP contribution in [-0.2, 0) is 15.3 Å². The van der Waals surface area contributed by atoms with Crippen molar-refractivity contribution in [3.8, 4) is 11.5 Å².